The molecular weight excluding hydrogens is 332 g/mol. The highest BCUT2D eigenvalue weighted by Crippen LogP contribution is 2.21. The van der Waals surface area contributed by atoms with Gasteiger partial charge in [-0.25, -0.2) is 9.78 Å². The molecule has 0 aliphatic carbocycles. The molecular formula is C12H13ClN4O4S. The molecule has 0 aliphatic heterocycles. The van der Waals surface area contributed by atoms with Crippen LogP contribution < -0.4 is 11.2 Å². The Hall–Kier alpha value is -2.00. The number of rotatable bonds is 5. The number of carbonyl (C=O) groups is 1. The fourth-order valence-corrected chi connectivity index (χ4v) is 2.63. The lowest BCUT2D eigenvalue weighted by atomic mass is 10.4. The summed E-state index contributed by atoms with van der Waals surface area (Å²) in [7, 11) is 1.48. The molecule has 0 saturated carbocycles. The summed E-state index contributed by atoms with van der Waals surface area (Å²) in [5.41, 5.74) is -0.763. The number of aliphatic carboxylic acids is 1. The van der Waals surface area contributed by atoms with Gasteiger partial charge >= 0.3 is 11.7 Å². The average molecular weight is 345 g/mol. The number of carboxylic acid groups (broad SMARTS) is 1. The number of thioether (sulfide) groups is 1. The van der Waals surface area contributed by atoms with E-state index in [2.05, 4.69) is 9.97 Å². The fraction of sp³-hybridized carbons (Fsp3) is 0.333. The van der Waals surface area contributed by atoms with Gasteiger partial charge in [0.25, 0.3) is 5.56 Å². The molecule has 0 aliphatic rings. The SMILES string of the molecule is C/C(Cl)=C\Cn1c(SCC(=O)O)nc2c1c(=O)[nH]c(=O)n2C. The van der Waals surface area contributed by atoms with Crippen molar-refractivity contribution in [3.63, 3.8) is 0 Å². The van der Waals surface area contributed by atoms with Gasteiger partial charge in [0.05, 0.1) is 5.75 Å². The maximum atomic E-state index is 12.1. The van der Waals surface area contributed by atoms with Crippen LogP contribution in [-0.2, 0) is 18.4 Å². The Labute approximate surface area is 133 Å². The first-order valence-electron chi connectivity index (χ1n) is 6.17. The normalized spacial score (nSPS) is 12.0. The highest BCUT2D eigenvalue weighted by Gasteiger charge is 2.17. The number of halogens is 1. The topological polar surface area (TPSA) is 110 Å². The summed E-state index contributed by atoms with van der Waals surface area (Å²) in [6, 6.07) is 0. The Morgan fingerprint density at radius 2 is 2.18 bits per heavy atom. The second kappa shape index (κ2) is 6.41. The highest BCUT2D eigenvalue weighted by molar-refractivity contribution is 7.99. The lowest BCUT2D eigenvalue weighted by Crippen LogP contribution is -2.29. The summed E-state index contributed by atoms with van der Waals surface area (Å²) >= 11 is 6.77. The van der Waals surface area contributed by atoms with Crippen LogP contribution in [0.5, 0.6) is 0 Å². The molecule has 0 saturated heterocycles. The van der Waals surface area contributed by atoms with Gasteiger partial charge in [-0.05, 0) is 6.92 Å². The molecule has 118 valence electrons. The zero-order chi connectivity index (χ0) is 16.4. The lowest BCUT2D eigenvalue weighted by Gasteiger charge is -2.04. The molecule has 10 heteroatoms. The second-order valence-corrected chi connectivity index (χ2v) is 6.01. The van der Waals surface area contributed by atoms with Gasteiger partial charge in [-0.2, -0.15) is 0 Å². The predicted octanol–water partition coefficient (Wildman–Crippen LogP) is 0.743. The molecule has 2 N–H and O–H groups in total. The van der Waals surface area contributed by atoms with Gasteiger partial charge in [-0.1, -0.05) is 29.4 Å². The molecule has 0 atom stereocenters. The van der Waals surface area contributed by atoms with Crippen molar-refractivity contribution < 1.29 is 9.90 Å². The number of H-pyrrole nitrogens is 1. The maximum absolute atomic E-state index is 12.1. The number of hydrogen-bond acceptors (Lipinski definition) is 5. The molecule has 8 nitrogen and oxygen atoms in total. The summed E-state index contributed by atoms with van der Waals surface area (Å²) in [6.07, 6.45) is 1.66. The zero-order valence-electron chi connectivity index (χ0n) is 11.8. The molecule has 2 heterocycles. The molecule has 22 heavy (non-hydrogen) atoms. The number of aromatic amines is 1. The van der Waals surface area contributed by atoms with Crippen molar-refractivity contribution in [3.05, 3.63) is 31.9 Å². The molecule has 0 unspecified atom stereocenters. The molecule has 0 radical (unpaired) electrons. The highest BCUT2D eigenvalue weighted by atomic mass is 35.5. The third-order valence-electron chi connectivity index (χ3n) is 2.85. The zero-order valence-corrected chi connectivity index (χ0v) is 13.4. The van der Waals surface area contributed by atoms with Gasteiger partial charge in [0.15, 0.2) is 16.3 Å². The quantitative estimate of drug-likeness (QED) is 0.774. The van der Waals surface area contributed by atoms with E-state index in [0.717, 1.165) is 11.8 Å². The van der Waals surface area contributed by atoms with E-state index < -0.39 is 17.2 Å². The van der Waals surface area contributed by atoms with Crippen LogP contribution in [0.4, 0.5) is 0 Å². The Bertz CT molecular complexity index is 876. The minimum atomic E-state index is -1.00. The van der Waals surface area contributed by atoms with E-state index in [1.165, 1.54) is 16.2 Å². The van der Waals surface area contributed by atoms with E-state index in [9.17, 15) is 14.4 Å². The number of imidazole rings is 1. The van der Waals surface area contributed by atoms with Gasteiger partial charge in [-0.15, -0.1) is 0 Å². The molecule has 0 fully saturated rings. The molecule has 0 aromatic carbocycles. The van der Waals surface area contributed by atoms with Crippen molar-refractivity contribution in [3.8, 4) is 0 Å². The summed E-state index contributed by atoms with van der Waals surface area (Å²) in [5.74, 6) is -1.21. The van der Waals surface area contributed by atoms with E-state index in [-0.39, 0.29) is 23.5 Å². The van der Waals surface area contributed by atoms with Crippen LogP contribution >= 0.6 is 23.4 Å². The van der Waals surface area contributed by atoms with Crippen LogP contribution in [0.3, 0.4) is 0 Å². The van der Waals surface area contributed by atoms with Crippen molar-refractivity contribution in [1.29, 1.82) is 0 Å². The lowest BCUT2D eigenvalue weighted by molar-refractivity contribution is -0.133. The Morgan fingerprint density at radius 3 is 2.77 bits per heavy atom. The Balaban J connectivity index is 2.69. The van der Waals surface area contributed by atoms with Crippen molar-refractivity contribution in [1.82, 2.24) is 19.1 Å². The first kappa shape index (κ1) is 16.4. The number of carboxylic acids is 1. The summed E-state index contributed by atoms with van der Waals surface area (Å²) in [4.78, 5) is 40.8. The summed E-state index contributed by atoms with van der Waals surface area (Å²) < 4.78 is 2.74. The number of aryl methyl sites for hydroxylation is 1. The van der Waals surface area contributed by atoms with Crippen molar-refractivity contribution >= 4 is 40.5 Å². The van der Waals surface area contributed by atoms with E-state index in [1.807, 2.05) is 0 Å². The number of fused-ring (bicyclic) bond motifs is 1. The number of aromatic nitrogens is 4. The maximum Gasteiger partial charge on any atom is 0.329 e. The van der Waals surface area contributed by atoms with Gasteiger partial charge in [-0.3, -0.25) is 19.1 Å². The predicted molar refractivity (Wildman–Crippen MR) is 83.6 cm³/mol. The monoisotopic (exact) mass is 344 g/mol. The minimum absolute atomic E-state index is 0.197. The molecule has 0 spiro atoms. The fourth-order valence-electron chi connectivity index (χ4n) is 1.84. The minimum Gasteiger partial charge on any atom is -0.481 e. The van der Waals surface area contributed by atoms with E-state index in [0.29, 0.717) is 10.2 Å². The van der Waals surface area contributed by atoms with Gasteiger partial charge in [0.1, 0.15) is 0 Å². The van der Waals surface area contributed by atoms with E-state index >= 15 is 0 Å². The van der Waals surface area contributed by atoms with Crippen LogP contribution in [0.1, 0.15) is 6.92 Å². The van der Waals surface area contributed by atoms with Crippen molar-refractivity contribution in [2.45, 2.75) is 18.6 Å². The molecule has 2 aromatic heterocycles. The van der Waals surface area contributed by atoms with Gasteiger partial charge < -0.3 is 9.67 Å². The van der Waals surface area contributed by atoms with E-state index in [1.54, 1.807) is 13.0 Å². The Morgan fingerprint density at radius 1 is 1.50 bits per heavy atom. The number of nitrogens with zero attached hydrogens (tertiary/aromatic N) is 3. The van der Waals surface area contributed by atoms with Crippen LogP contribution in [0.15, 0.2) is 25.9 Å². The molecule has 0 bridgehead atoms. The Kier molecular flexibility index (Phi) is 4.77. The van der Waals surface area contributed by atoms with Crippen LogP contribution in [-0.4, -0.2) is 35.9 Å². The van der Waals surface area contributed by atoms with Crippen molar-refractivity contribution in [2.24, 2.45) is 7.05 Å². The third-order valence-corrected chi connectivity index (χ3v) is 3.97. The number of nitrogens with one attached hydrogen (secondary N) is 1. The first-order chi connectivity index (χ1) is 10.3. The number of hydrogen-bond donors (Lipinski definition) is 2. The summed E-state index contributed by atoms with van der Waals surface area (Å²) in [6.45, 7) is 1.93. The molecule has 0 amide bonds. The van der Waals surface area contributed by atoms with Gasteiger partial charge in [0, 0.05) is 18.6 Å². The third kappa shape index (κ3) is 3.25. The molecule has 2 aromatic rings. The van der Waals surface area contributed by atoms with Crippen LogP contribution in [0.25, 0.3) is 11.2 Å². The van der Waals surface area contributed by atoms with Crippen LogP contribution in [0, 0.1) is 0 Å². The van der Waals surface area contributed by atoms with Crippen LogP contribution in [0.2, 0.25) is 0 Å². The standard InChI is InChI=1S/C12H13ClN4O4S/c1-6(13)3-4-17-8-9(14-12(17)22-5-7(18)19)16(2)11(21)15-10(8)20/h3H,4-5H2,1-2H3,(H,18,19)(H,15,20,21)/b6-3+. The van der Waals surface area contributed by atoms with Crippen molar-refractivity contribution in [2.75, 3.05) is 5.75 Å². The van der Waals surface area contributed by atoms with E-state index in [4.69, 9.17) is 16.7 Å². The largest absolute Gasteiger partial charge is 0.481 e. The second-order valence-electron chi connectivity index (χ2n) is 4.47. The first-order valence-corrected chi connectivity index (χ1v) is 7.54. The smallest absolute Gasteiger partial charge is 0.329 e. The van der Waals surface area contributed by atoms with Gasteiger partial charge in [0.2, 0.25) is 0 Å². The average Bonchev–Trinajstić information content (AvgIpc) is 2.79. The molecule has 2 rings (SSSR count). The summed E-state index contributed by atoms with van der Waals surface area (Å²) in [5, 5.41) is 9.65. The number of allylic oxidation sites excluding steroid dienone is 2.